The maximum absolute atomic E-state index is 13.1. The Bertz CT molecular complexity index is 1360. The van der Waals surface area contributed by atoms with E-state index in [1.54, 1.807) is 4.90 Å². The number of rotatable bonds is 9. The topological polar surface area (TPSA) is 199 Å². The summed E-state index contributed by atoms with van der Waals surface area (Å²) in [5, 5.41) is 26.6. The lowest BCUT2D eigenvalue weighted by atomic mass is 10.1. The first-order chi connectivity index (χ1) is 21.5. The summed E-state index contributed by atoms with van der Waals surface area (Å²) in [4.78, 5) is 66.9. The molecule has 0 bridgehead atoms. The van der Waals surface area contributed by atoms with Gasteiger partial charge in [0, 0.05) is 55.7 Å². The van der Waals surface area contributed by atoms with Crippen LogP contribution in [0.25, 0.3) is 0 Å². The summed E-state index contributed by atoms with van der Waals surface area (Å²) in [7, 11) is 1.90. The largest absolute Gasteiger partial charge is 0.444 e. The maximum atomic E-state index is 13.1. The van der Waals surface area contributed by atoms with Crippen molar-refractivity contribution in [1.82, 2.24) is 20.4 Å². The smallest absolute Gasteiger partial charge is 0.414 e. The second-order valence-electron chi connectivity index (χ2n) is 10.7. The van der Waals surface area contributed by atoms with E-state index >= 15 is 0 Å². The summed E-state index contributed by atoms with van der Waals surface area (Å²) in [6, 6.07) is 10.7. The van der Waals surface area contributed by atoms with E-state index < -0.39 is 22.0 Å². The van der Waals surface area contributed by atoms with Gasteiger partial charge in [-0.15, -0.1) is 0 Å². The number of likely N-dealkylation sites (N-methyl/N-ethyl adjacent to an activating group) is 1. The molecule has 3 atom stereocenters. The number of carbonyl (C=O) groups is 3. The van der Waals surface area contributed by atoms with Gasteiger partial charge in [0.25, 0.3) is 11.4 Å². The number of amides is 3. The van der Waals surface area contributed by atoms with Crippen molar-refractivity contribution in [1.29, 1.82) is 0 Å². The van der Waals surface area contributed by atoms with E-state index in [9.17, 15) is 34.6 Å². The molecule has 2 N–H and O–H groups in total. The SMILES string of the molecule is CN1C[C@@H](S)C[C@H]1C(=O)N1CC[C@H](CN=C(NC(=O)OCc2ccc([N+](=O)[O-])cc2)NC(=O)OCc2ccc([N+](=O)[O-])cc2)C1. The van der Waals surface area contributed by atoms with E-state index in [0.717, 1.165) is 6.54 Å². The number of carbonyl (C=O) groups excluding carboxylic acids is 3. The molecule has 2 fully saturated rings. The molecule has 3 amide bonds. The molecule has 0 aromatic heterocycles. The highest BCUT2D eigenvalue weighted by Crippen LogP contribution is 2.25. The fourth-order valence-electron chi connectivity index (χ4n) is 4.98. The molecule has 0 radical (unpaired) electrons. The van der Waals surface area contributed by atoms with Crippen LogP contribution in [-0.2, 0) is 27.5 Å². The van der Waals surface area contributed by atoms with E-state index in [4.69, 9.17) is 9.47 Å². The number of thiol groups is 1. The van der Waals surface area contributed by atoms with Crippen LogP contribution < -0.4 is 10.6 Å². The van der Waals surface area contributed by atoms with Crippen molar-refractivity contribution >= 4 is 48.1 Å². The number of aliphatic imine (C=N–C) groups is 1. The Hall–Kier alpha value is -4.77. The number of likely N-dealkylation sites (tertiary alicyclic amines) is 2. The van der Waals surface area contributed by atoms with Gasteiger partial charge in [0.1, 0.15) is 13.2 Å². The van der Waals surface area contributed by atoms with Crippen LogP contribution in [0.5, 0.6) is 0 Å². The van der Waals surface area contributed by atoms with E-state index in [0.29, 0.717) is 37.1 Å². The van der Waals surface area contributed by atoms with Gasteiger partial charge in [-0.1, -0.05) is 0 Å². The maximum Gasteiger partial charge on any atom is 0.414 e. The molecule has 2 aliphatic heterocycles. The highest BCUT2D eigenvalue weighted by molar-refractivity contribution is 7.81. The van der Waals surface area contributed by atoms with E-state index in [1.165, 1.54) is 48.5 Å². The van der Waals surface area contributed by atoms with E-state index in [-0.39, 0.29) is 60.2 Å². The van der Waals surface area contributed by atoms with Crippen molar-refractivity contribution < 1.29 is 33.7 Å². The minimum absolute atomic E-state index is 0.0293. The van der Waals surface area contributed by atoms with Gasteiger partial charge in [-0.3, -0.25) is 45.5 Å². The first-order valence-electron chi connectivity index (χ1n) is 14.0. The predicted molar refractivity (Wildman–Crippen MR) is 164 cm³/mol. The summed E-state index contributed by atoms with van der Waals surface area (Å²) in [5.41, 5.74) is 0.778. The molecule has 0 unspecified atom stereocenters. The first kappa shape index (κ1) is 33.1. The third kappa shape index (κ3) is 9.61. The van der Waals surface area contributed by atoms with Gasteiger partial charge in [-0.05, 0) is 61.2 Å². The molecule has 240 valence electrons. The molecule has 2 aromatic rings. The number of hydrogen-bond acceptors (Lipinski definition) is 12. The van der Waals surface area contributed by atoms with Gasteiger partial charge in [-0.25, -0.2) is 9.59 Å². The minimum atomic E-state index is -0.948. The fraction of sp³-hybridized carbons (Fsp3) is 0.429. The molecule has 0 spiro atoms. The average molecular weight is 644 g/mol. The molecular weight excluding hydrogens is 610 g/mol. The number of nitrogens with zero attached hydrogens (tertiary/aromatic N) is 5. The average Bonchev–Trinajstić information content (AvgIpc) is 3.63. The zero-order chi connectivity index (χ0) is 32.5. The van der Waals surface area contributed by atoms with Gasteiger partial charge in [-0.2, -0.15) is 12.6 Å². The number of nitrogens with one attached hydrogen (secondary N) is 2. The molecule has 2 saturated heterocycles. The Morgan fingerprint density at radius 2 is 1.42 bits per heavy atom. The zero-order valence-corrected chi connectivity index (χ0v) is 25.3. The Kier molecular flexibility index (Phi) is 11.3. The van der Waals surface area contributed by atoms with Gasteiger partial charge in [0.2, 0.25) is 11.9 Å². The van der Waals surface area contributed by atoms with Crippen molar-refractivity contribution in [2.75, 3.05) is 33.2 Å². The van der Waals surface area contributed by atoms with Crippen LogP contribution in [0.2, 0.25) is 0 Å². The second-order valence-corrected chi connectivity index (χ2v) is 11.5. The monoisotopic (exact) mass is 643 g/mol. The Balaban J connectivity index is 1.35. The summed E-state index contributed by atoms with van der Waals surface area (Å²) in [6.45, 7) is 1.54. The van der Waals surface area contributed by atoms with Gasteiger partial charge < -0.3 is 14.4 Å². The van der Waals surface area contributed by atoms with E-state index in [2.05, 4.69) is 28.3 Å². The van der Waals surface area contributed by atoms with Crippen LogP contribution in [0.4, 0.5) is 21.0 Å². The van der Waals surface area contributed by atoms with Crippen LogP contribution in [0.15, 0.2) is 53.5 Å². The van der Waals surface area contributed by atoms with Crippen LogP contribution in [0.3, 0.4) is 0 Å². The molecule has 45 heavy (non-hydrogen) atoms. The fourth-order valence-corrected chi connectivity index (χ4v) is 5.43. The molecule has 17 heteroatoms. The van der Waals surface area contributed by atoms with Crippen LogP contribution in [-0.4, -0.2) is 88.2 Å². The van der Waals surface area contributed by atoms with Crippen LogP contribution in [0, 0.1) is 26.1 Å². The number of benzene rings is 2. The second kappa shape index (κ2) is 15.3. The number of nitro benzene ring substituents is 2. The Morgan fingerprint density at radius 1 is 0.911 bits per heavy atom. The van der Waals surface area contributed by atoms with Crippen LogP contribution >= 0.6 is 12.6 Å². The highest BCUT2D eigenvalue weighted by atomic mass is 32.1. The van der Waals surface area contributed by atoms with Crippen LogP contribution in [0.1, 0.15) is 24.0 Å². The Labute approximate surface area is 263 Å². The molecule has 0 aliphatic carbocycles. The van der Waals surface area contributed by atoms with Gasteiger partial charge in [0.15, 0.2) is 0 Å². The number of guanidine groups is 1. The zero-order valence-electron chi connectivity index (χ0n) is 24.4. The van der Waals surface area contributed by atoms with E-state index in [1.807, 2.05) is 11.9 Å². The normalized spacial score (nSPS) is 19.4. The number of nitro groups is 2. The van der Waals surface area contributed by atoms with Crippen molar-refractivity contribution in [3.63, 3.8) is 0 Å². The lowest BCUT2D eigenvalue weighted by molar-refractivity contribution is -0.385. The Morgan fingerprint density at radius 3 is 1.87 bits per heavy atom. The first-order valence-corrected chi connectivity index (χ1v) is 14.6. The number of alkyl carbamates (subject to hydrolysis) is 2. The van der Waals surface area contributed by atoms with Gasteiger partial charge >= 0.3 is 12.2 Å². The molecule has 16 nitrogen and oxygen atoms in total. The van der Waals surface area contributed by atoms with Gasteiger partial charge in [0.05, 0.1) is 15.9 Å². The standard InChI is InChI=1S/C28H33N7O9S/c1-32-15-23(45)12-24(32)25(36)33-11-10-20(14-33)13-29-26(30-27(37)43-16-18-2-6-21(7-3-18)34(39)40)31-28(38)44-17-19-4-8-22(9-5-19)35(41)42/h2-9,20,23-24,45H,10-17H2,1H3,(H2,29,30,31,37,38)/t20-,23+,24+/m1/s1. The molecule has 2 aliphatic rings. The summed E-state index contributed by atoms with van der Waals surface area (Å²) < 4.78 is 10.4. The summed E-state index contributed by atoms with van der Waals surface area (Å²) in [6.07, 6.45) is -0.536. The van der Waals surface area contributed by atoms with Crippen molar-refractivity contribution in [3.8, 4) is 0 Å². The number of hydrogen-bond donors (Lipinski definition) is 3. The quantitative estimate of drug-likeness (QED) is 0.120. The molecule has 2 aromatic carbocycles. The third-order valence-corrected chi connectivity index (χ3v) is 7.77. The molecular formula is C28H33N7O9S. The number of non-ortho nitro benzene ring substituents is 2. The lowest BCUT2D eigenvalue weighted by Gasteiger charge is -2.24. The van der Waals surface area contributed by atoms with Crippen molar-refractivity contribution in [2.24, 2.45) is 10.9 Å². The molecule has 4 rings (SSSR count). The highest BCUT2D eigenvalue weighted by Gasteiger charge is 2.37. The molecule has 2 heterocycles. The third-order valence-electron chi connectivity index (χ3n) is 7.39. The minimum Gasteiger partial charge on any atom is -0.444 e. The number of ether oxygens (including phenoxy) is 2. The predicted octanol–water partition coefficient (Wildman–Crippen LogP) is 2.86. The molecule has 0 saturated carbocycles. The van der Waals surface area contributed by atoms with Crippen molar-refractivity contribution in [2.45, 2.75) is 37.3 Å². The lowest BCUT2D eigenvalue weighted by Crippen LogP contribution is -2.45. The summed E-state index contributed by atoms with van der Waals surface area (Å²) in [5.74, 6) is -0.226. The summed E-state index contributed by atoms with van der Waals surface area (Å²) >= 11 is 4.50. The van der Waals surface area contributed by atoms with Crippen molar-refractivity contribution in [3.05, 3.63) is 79.9 Å².